The molecule has 0 fully saturated rings. The van der Waals surface area contributed by atoms with E-state index >= 15 is 0 Å². The Morgan fingerprint density at radius 3 is 2.10 bits per heavy atom. The van der Waals surface area contributed by atoms with Gasteiger partial charge >= 0.3 is 6.18 Å². The first-order valence-electron chi connectivity index (χ1n) is 6.20. The molecule has 1 nitrogen and oxygen atoms in total. The van der Waals surface area contributed by atoms with Crippen LogP contribution in [0.5, 0.6) is 0 Å². The van der Waals surface area contributed by atoms with Gasteiger partial charge in [-0.3, -0.25) is 0 Å². The van der Waals surface area contributed by atoms with Crippen molar-refractivity contribution in [1.29, 1.82) is 0 Å². The predicted octanol–water partition coefficient (Wildman–Crippen LogP) is 4.56. The molecule has 4 heteroatoms. The quantitative estimate of drug-likeness (QED) is 0.647. The highest BCUT2D eigenvalue weighted by atomic mass is 19.4. The van der Waals surface area contributed by atoms with Crippen molar-refractivity contribution in [3.63, 3.8) is 0 Å². The van der Waals surface area contributed by atoms with E-state index in [1.165, 1.54) is 12.1 Å². The summed E-state index contributed by atoms with van der Waals surface area (Å²) in [5, 5.41) is 3.63. The van der Waals surface area contributed by atoms with Crippen LogP contribution in [0.15, 0.2) is 54.6 Å². The average Bonchev–Trinajstić information content (AvgIpc) is 2.45. The number of rotatable bonds is 1. The molecule has 0 saturated heterocycles. The first-order valence-corrected chi connectivity index (χ1v) is 6.20. The third kappa shape index (κ3) is 2.12. The highest BCUT2D eigenvalue weighted by Crippen LogP contribution is 2.33. The van der Waals surface area contributed by atoms with Crippen molar-refractivity contribution in [2.75, 3.05) is 0 Å². The molecule has 102 valence electrons. The van der Waals surface area contributed by atoms with Gasteiger partial charge in [0.15, 0.2) is 0 Å². The molecule has 0 saturated carbocycles. The van der Waals surface area contributed by atoms with Gasteiger partial charge in [0.2, 0.25) is 0 Å². The van der Waals surface area contributed by atoms with E-state index in [1.807, 2.05) is 36.4 Å². The molecule has 0 radical (unpaired) electrons. The molecule has 0 aromatic heterocycles. The summed E-state index contributed by atoms with van der Waals surface area (Å²) in [7, 11) is 0. The second-order valence-electron chi connectivity index (χ2n) is 4.79. The van der Waals surface area contributed by atoms with Gasteiger partial charge in [0.1, 0.15) is 6.04 Å². The number of hydrogen-bond acceptors (Lipinski definition) is 1. The van der Waals surface area contributed by atoms with Gasteiger partial charge < -0.3 is 5.73 Å². The Kier molecular flexibility index (Phi) is 2.91. The van der Waals surface area contributed by atoms with Crippen LogP contribution in [0, 0.1) is 0 Å². The largest absolute Gasteiger partial charge is 0.407 e. The molecule has 0 amide bonds. The predicted molar refractivity (Wildman–Crippen MR) is 74.4 cm³/mol. The van der Waals surface area contributed by atoms with E-state index in [2.05, 4.69) is 0 Å². The summed E-state index contributed by atoms with van der Waals surface area (Å²) in [6.45, 7) is 0. The van der Waals surface area contributed by atoms with Crippen LogP contribution in [0.25, 0.3) is 21.5 Å². The van der Waals surface area contributed by atoms with E-state index in [1.54, 1.807) is 6.07 Å². The zero-order chi connectivity index (χ0) is 14.3. The molecule has 3 rings (SSSR count). The zero-order valence-corrected chi connectivity index (χ0v) is 10.5. The Morgan fingerprint density at radius 2 is 1.40 bits per heavy atom. The molecule has 0 aliphatic heterocycles. The summed E-state index contributed by atoms with van der Waals surface area (Å²) in [5.41, 5.74) is 5.37. The molecule has 3 aromatic rings. The van der Waals surface area contributed by atoms with Gasteiger partial charge in [-0.05, 0) is 33.2 Å². The van der Waals surface area contributed by atoms with Gasteiger partial charge in [-0.15, -0.1) is 0 Å². The van der Waals surface area contributed by atoms with Crippen LogP contribution in [0.1, 0.15) is 11.6 Å². The Morgan fingerprint density at radius 1 is 0.800 bits per heavy atom. The summed E-state index contributed by atoms with van der Waals surface area (Å²) in [5.74, 6) is 0. The SMILES string of the molecule is N[C@@H](c1ccc2ccc3ccccc3c2c1)C(F)(F)F. The summed E-state index contributed by atoms with van der Waals surface area (Å²) < 4.78 is 38.2. The standard InChI is InChI=1S/C16H12F3N/c17-16(18,19)15(20)12-8-7-11-6-5-10-3-1-2-4-13(10)14(11)9-12/h1-9,15H,20H2/t15-/m0/s1. The van der Waals surface area contributed by atoms with Crippen LogP contribution in [0.3, 0.4) is 0 Å². The molecule has 1 atom stereocenters. The Labute approximate surface area is 113 Å². The van der Waals surface area contributed by atoms with E-state index in [9.17, 15) is 13.2 Å². The minimum absolute atomic E-state index is 0.0846. The van der Waals surface area contributed by atoms with E-state index < -0.39 is 12.2 Å². The molecule has 0 aliphatic rings. The van der Waals surface area contributed by atoms with Crippen LogP contribution in [0.4, 0.5) is 13.2 Å². The summed E-state index contributed by atoms with van der Waals surface area (Å²) in [4.78, 5) is 0. The van der Waals surface area contributed by atoms with Crippen molar-refractivity contribution < 1.29 is 13.2 Å². The Bertz CT molecular complexity index is 777. The van der Waals surface area contributed by atoms with Gasteiger partial charge in [-0.2, -0.15) is 13.2 Å². The van der Waals surface area contributed by atoms with Crippen molar-refractivity contribution in [3.05, 3.63) is 60.2 Å². The van der Waals surface area contributed by atoms with Crippen LogP contribution in [0.2, 0.25) is 0 Å². The third-order valence-corrected chi connectivity index (χ3v) is 3.48. The topological polar surface area (TPSA) is 26.0 Å². The number of halogens is 3. The summed E-state index contributed by atoms with van der Waals surface area (Å²) >= 11 is 0. The first-order chi connectivity index (χ1) is 9.47. The maximum Gasteiger partial charge on any atom is 0.407 e. The van der Waals surface area contributed by atoms with Crippen molar-refractivity contribution in [2.45, 2.75) is 12.2 Å². The fraction of sp³-hybridized carbons (Fsp3) is 0.125. The normalized spacial score (nSPS) is 13.8. The fourth-order valence-electron chi connectivity index (χ4n) is 2.40. The molecule has 0 spiro atoms. The lowest BCUT2D eigenvalue weighted by Gasteiger charge is -2.16. The number of benzene rings is 3. The fourth-order valence-corrected chi connectivity index (χ4v) is 2.40. The molecule has 2 N–H and O–H groups in total. The van der Waals surface area contributed by atoms with Crippen LogP contribution < -0.4 is 5.73 Å². The molecule has 0 heterocycles. The van der Waals surface area contributed by atoms with Gasteiger partial charge in [-0.25, -0.2) is 0 Å². The number of nitrogens with two attached hydrogens (primary N) is 1. The number of alkyl halides is 3. The highest BCUT2D eigenvalue weighted by Gasteiger charge is 2.37. The first kappa shape index (κ1) is 12.9. The van der Waals surface area contributed by atoms with Crippen LogP contribution in [-0.4, -0.2) is 6.18 Å². The molecular formula is C16H12F3N. The number of fused-ring (bicyclic) bond motifs is 3. The van der Waals surface area contributed by atoms with Crippen molar-refractivity contribution >= 4 is 21.5 Å². The molecule has 0 unspecified atom stereocenters. The molecule has 0 aliphatic carbocycles. The van der Waals surface area contributed by atoms with E-state index in [-0.39, 0.29) is 5.56 Å². The maximum absolute atomic E-state index is 12.7. The summed E-state index contributed by atoms with van der Waals surface area (Å²) in [6.07, 6.45) is -4.43. The third-order valence-electron chi connectivity index (χ3n) is 3.48. The minimum atomic E-state index is -4.43. The summed E-state index contributed by atoms with van der Waals surface area (Å²) in [6, 6.07) is 14.2. The lowest BCUT2D eigenvalue weighted by atomic mass is 9.97. The smallest absolute Gasteiger partial charge is 0.316 e. The molecule has 0 bridgehead atoms. The minimum Gasteiger partial charge on any atom is -0.316 e. The van der Waals surface area contributed by atoms with Crippen LogP contribution >= 0.6 is 0 Å². The van der Waals surface area contributed by atoms with E-state index in [0.29, 0.717) is 0 Å². The molecule has 3 aromatic carbocycles. The monoisotopic (exact) mass is 275 g/mol. The number of hydrogen-bond donors (Lipinski definition) is 1. The lowest BCUT2D eigenvalue weighted by molar-refractivity contribution is -0.149. The van der Waals surface area contributed by atoms with Crippen molar-refractivity contribution in [1.82, 2.24) is 0 Å². The van der Waals surface area contributed by atoms with E-state index in [4.69, 9.17) is 5.73 Å². The highest BCUT2D eigenvalue weighted by molar-refractivity contribution is 6.07. The maximum atomic E-state index is 12.7. The second-order valence-corrected chi connectivity index (χ2v) is 4.79. The Hall–Kier alpha value is -2.07. The Balaban J connectivity index is 2.26. The molecule has 20 heavy (non-hydrogen) atoms. The van der Waals surface area contributed by atoms with Crippen molar-refractivity contribution in [3.8, 4) is 0 Å². The van der Waals surface area contributed by atoms with Gasteiger partial charge in [0.25, 0.3) is 0 Å². The van der Waals surface area contributed by atoms with Crippen molar-refractivity contribution in [2.24, 2.45) is 5.73 Å². The van der Waals surface area contributed by atoms with Gasteiger partial charge in [-0.1, -0.05) is 48.5 Å². The van der Waals surface area contributed by atoms with Gasteiger partial charge in [0.05, 0.1) is 0 Å². The average molecular weight is 275 g/mol. The van der Waals surface area contributed by atoms with Crippen LogP contribution in [-0.2, 0) is 0 Å². The lowest BCUT2D eigenvalue weighted by Crippen LogP contribution is -2.28. The second kappa shape index (κ2) is 4.49. The van der Waals surface area contributed by atoms with Gasteiger partial charge in [0, 0.05) is 0 Å². The molecular weight excluding hydrogens is 263 g/mol. The zero-order valence-electron chi connectivity index (χ0n) is 10.5. The van der Waals surface area contributed by atoms with E-state index in [0.717, 1.165) is 21.5 Å².